The zero-order chi connectivity index (χ0) is 28.4. The maximum atomic E-state index is 12.8. The van der Waals surface area contributed by atoms with Gasteiger partial charge in [-0.25, -0.2) is 17.8 Å². The molecule has 0 spiro atoms. The number of carboxylic acids is 1. The van der Waals surface area contributed by atoms with Crippen molar-refractivity contribution in [1.29, 1.82) is 0 Å². The highest BCUT2D eigenvalue weighted by Crippen LogP contribution is 2.32. The molecule has 0 radical (unpaired) electrons. The van der Waals surface area contributed by atoms with Crippen LogP contribution in [0.15, 0.2) is 16.9 Å². The zero-order valence-electron chi connectivity index (χ0n) is 19.2. The Morgan fingerprint density at radius 2 is 1.75 bits per heavy atom. The Hall–Kier alpha value is -2.11. The van der Waals surface area contributed by atoms with Gasteiger partial charge in [-0.1, -0.05) is 23.2 Å². The molecule has 2 aromatic rings. The maximum Gasteiger partial charge on any atom is 0.355 e. The minimum atomic E-state index is -4.10. The fraction of sp³-hybridized carbons (Fsp3) is 0.438. The summed E-state index contributed by atoms with van der Waals surface area (Å²) in [6.07, 6.45) is 0.304. The number of sulfonamides is 1. The molecule has 0 aliphatic rings. The number of nitrogens with zero attached hydrogens (tertiary/aromatic N) is 3. The highest BCUT2D eigenvalue weighted by Gasteiger charge is 2.21. The van der Waals surface area contributed by atoms with Crippen molar-refractivity contribution < 1.29 is 41.5 Å². The Balaban J connectivity index is 0.000000789. The van der Waals surface area contributed by atoms with Crippen molar-refractivity contribution >= 4 is 52.5 Å². The lowest BCUT2D eigenvalue weighted by molar-refractivity contribution is -0.135. The van der Waals surface area contributed by atoms with E-state index in [-0.39, 0.29) is 31.8 Å². The van der Waals surface area contributed by atoms with E-state index in [0.29, 0.717) is 4.68 Å². The number of hydrogen-bond acceptors (Lipinski definition) is 8. The molecule has 36 heavy (non-hydrogen) atoms. The number of nitrogens with one attached hydrogen (secondary N) is 3. The minimum Gasteiger partial charge on any atom is -0.480 e. The summed E-state index contributed by atoms with van der Waals surface area (Å²) in [7, 11) is -3.99. The van der Waals surface area contributed by atoms with Crippen LogP contribution in [-0.4, -0.2) is 76.8 Å². The van der Waals surface area contributed by atoms with Gasteiger partial charge in [-0.05, 0) is 33.2 Å². The van der Waals surface area contributed by atoms with Crippen LogP contribution in [0, 0.1) is 6.92 Å². The van der Waals surface area contributed by atoms with Crippen LogP contribution in [0.4, 0.5) is 14.5 Å². The first-order valence-electron chi connectivity index (χ1n) is 9.33. The molecule has 0 fully saturated rings. The standard InChI is InChI=1S/C11H10Cl2F2N4O3S.C3H8NO5P.C2H7N/c1-5-16-19(11(20)18(5)10(14)15)9-4-8(17-23(2,21)22)6(12)3-7(9)13;5-3(6)1-4-2-10(7,8)9;1-3-2/h3-4,10,17H,1-2H3;4H,1-2H2,(H,5,6)(H2,7,8,9);3H,1-2H3. The van der Waals surface area contributed by atoms with Gasteiger partial charge in [0.25, 0.3) is 0 Å². The number of hydrogen-bond donors (Lipinski definition) is 6. The van der Waals surface area contributed by atoms with Crippen LogP contribution in [0.25, 0.3) is 5.69 Å². The van der Waals surface area contributed by atoms with Crippen molar-refractivity contribution in [2.45, 2.75) is 13.5 Å². The number of halogens is 4. The third-order valence-electron chi connectivity index (χ3n) is 3.33. The number of benzene rings is 1. The van der Waals surface area contributed by atoms with Crippen molar-refractivity contribution in [3.8, 4) is 5.69 Å². The predicted molar refractivity (Wildman–Crippen MR) is 130 cm³/mol. The molecule has 0 bridgehead atoms. The lowest BCUT2D eigenvalue weighted by atomic mass is 10.3. The molecule has 20 heteroatoms. The number of aryl methyl sites for hydroxylation is 1. The van der Waals surface area contributed by atoms with E-state index in [1.54, 1.807) is 0 Å². The third-order valence-corrected chi connectivity index (χ3v) is 5.17. The average molecular weight is 601 g/mol. The van der Waals surface area contributed by atoms with Crippen LogP contribution in [0.2, 0.25) is 10.0 Å². The number of anilines is 1. The van der Waals surface area contributed by atoms with Gasteiger partial charge in [0.05, 0.1) is 40.5 Å². The Morgan fingerprint density at radius 1 is 1.22 bits per heavy atom. The number of carbonyl (C=O) groups is 1. The molecule has 14 nitrogen and oxygen atoms in total. The number of carboxylic acid groups (broad SMARTS) is 1. The maximum absolute atomic E-state index is 12.8. The SMILES string of the molecule is CNC.Cc1nn(-c2cc(NS(C)(=O)=O)c(Cl)cc2Cl)c(=O)n1C(F)F.O=C(O)CNCP(=O)(O)O. The molecular weight excluding hydrogens is 576 g/mol. The lowest BCUT2D eigenvalue weighted by Crippen LogP contribution is -2.25. The molecule has 0 aliphatic carbocycles. The van der Waals surface area contributed by atoms with E-state index in [4.69, 9.17) is 38.1 Å². The van der Waals surface area contributed by atoms with Crippen molar-refractivity contribution in [1.82, 2.24) is 25.0 Å². The van der Waals surface area contributed by atoms with Crippen molar-refractivity contribution in [2.75, 3.05) is 37.9 Å². The van der Waals surface area contributed by atoms with Crippen LogP contribution < -0.4 is 21.0 Å². The Labute approximate surface area is 214 Å². The minimum absolute atomic E-state index is 0.0257. The molecule has 1 aromatic heterocycles. The molecular formula is C16H25Cl2F2N6O8PS. The normalized spacial score (nSPS) is 11.3. The topological polar surface area (TPSA) is 205 Å². The summed E-state index contributed by atoms with van der Waals surface area (Å²) in [6, 6.07) is 2.31. The summed E-state index contributed by atoms with van der Waals surface area (Å²) < 4.78 is 61.3. The Morgan fingerprint density at radius 3 is 2.14 bits per heavy atom. The van der Waals surface area contributed by atoms with Crippen molar-refractivity contribution in [3.63, 3.8) is 0 Å². The first kappa shape index (κ1) is 33.9. The van der Waals surface area contributed by atoms with Gasteiger partial charge in [0.15, 0.2) is 0 Å². The second-order valence-electron chi connectivity index (χ2n) is 6.69. The van der Waals surface area contributed by atoms with Crippen molar-refractivity contribution in [3.05, 3.63) is 38.5 Å². The van der Waals surface area contributed by atoms with Crippen LogP contribution in [0.5, 0.6) is 0 Å². The molecule has 206 valence electrons. The van der Waals surface area contributed by atoms with E-state index >= 15 is 0 Å². The molecule has 0 aliphatic heterocycles. The third kappa shape index (κ3) is 12.2. The van der Waals surface area contributed by atoms with Crippen molar-refractivity contribution in [2.24, 2.45) is 0 Å². The number of aliphatic carboxylic acids is 1. The predicted octanol–water partition coefficient (Wildman–Crippen LogP) is 1.05. The van der Waals surface area contributed by atoms with Crippen LogP contribution >= 0.6 is 30.8 Å². The fourth-order valence-corrected chi connectivity index (χ4v) is 3.68. The molecule has 0 amide bonds. The first-order chi connectivity index (χ1) is 16.3. The van der Waals surface area contributed by atoms with Crippen LogP contribution in [-0.2, 0) is 19.4 Å². The van der Waals surface area contributed by atoms with E-state index in [9.17, 15) is 31.4 Å². The summed E-state index contributed by atoms with van der Waals surface area (Å²) >= 11 is 11.8. The monoisotopic (exact) mass is 600 g/mol. The second kappa shape index (κ2) is 14.6. The van der Waals surface area contributed by atoms with E-state index in [1.807, 2.05) is 14.1 Å². The number of alkyl halides is 2. The number of rotatable bonds is 8. The highest BCUT2D eigenvalue weighted by atomic mass is 35.5. The molecule has 1 aromatic carbocycles. The molecule has 0 saturated carbocycles. The molecule has 0 unspecified atom stereocenters. The molecule has 2 rings (SSSR count). The quantitative estimate of drug-likeness (QED) is 0.236. The zero-order valence-corrected chi connectivity index (χ0v) is 22.5. The summed E-state index contributed by atoms with van der Waals surface area (Å²) in [5.74, 6) is -1.37. The average Bonchev–Trinajstić information content (AvgIpc) is 2.97. The highest BCUT2D eigenvalue weighted by molar-refractivity contribution is 7.92. The molecule has 6 N–H and O–H groups in total. The van der Waals surface area contributed by atoms with E-state index in [0.717, 1.165) is 12.3 Å². The van der Waals surface area contributed by atoms with E-state index < -0.39 is 48.7 Å². The first-order valence-corrected chi connectivity index (χ1v) is 13.8. The number of aromatic nitrogens is 3. The second-order valence-corrected chi connectivity index (χ2v) is 10.9. The fourth-order valence-electron chi connectivity index (χ4n) is 2.14. The molecule has 0 saturated heterocycles. The lowest BCUT2D eigenvalue weighted by Gasteiger charge is -2.10. The van der Waals surface area contributed by atoms with Gasteiger partial charge in [0.1, 0.15) is 5.82 Å². The summed E-state index contributed by atoms with van der Waals surface area (Å²) in [6.45, 7) is -2.29. The summed E-state index contributed by atoms with van der Waals surface area (Å²) in [5.41, 5.74) is -1.27. The van der Waals surface area contributed by atoms with Gasteiger partial charge >= 0.3 is 25.8 Å². The summed E-state index contributed by atoms with van der Waals surface area (Å²) in [5, 5.41) is 16.4. The van der Waals surface area contributed by atoms with Gasteiger partial charge in [0, 0.05) is 0 Å². The van der Waals surface area contributed by atoms with Gasteiger partial charge in [-0.3, -0.25) is 19.4 Å². The van der Waals surface area contributed by atoms with Crippen LogP contribution in [0.1, 0.15) is 12.4 Å². The smallest absolute Gasteiger partial charge is 0.355 e. The van der Waals surface area contributed by atoms with Gasteiger partial charge < -0.3 is 20.2 Å². The Bertz CT molecular complexity index is 1250. The van der Waals surface area contributed by atoms with Gasteiger partial charge in [-0.15, -0.1) is 5.10 Å². The largest absolute Gasteiger partial charge is 0.480 e. The summed E-state index contributed by atoms with van der Waals surface area (Å²) in [4.78, 5) is 38.2. The van der Waals surface area contributed by atoms with Gasteiger partial charge in [0.2, 0.25) is 10.0 Å². The van der Waals surface area contributed by atoms with E-state index in [2.05, 4.69) is 20.5 Å². The van der Waals surface area contributed by atoms with Crippen LogP contribution in [0.3, 0.4) is 0 Å². The van der Waals surface area contributed by atoms with Gasteiger partial charge in [-0.2, -0.15) is 13.5 Å². The molecule has 0 atom stereocenters. The van der Waals surface area contributed by atoms with E-state index in [1.165, 1.54) is 13.0 Å². The Kier molecular flexibility index (Phi) is 13.7. The molecule has 1 heterocycles.